The van der Waals surface area contributed by atoms with Crippen molar-refractivity contribution in [1.29, 1.82) is 0 Å². The average molecular weight is 734 g/mol. The van der Waals surface area contributed by atoms with Gasteiger partial charge in [-0.25, -0.2) is 4.68 Å². The van der Waals surface area contributed by atoms with Gasteiger partial charge < -0.3 is 30.5 Å². The van der Waals surface area contributed by atoms with E-state index >= 15 is 0 Å². The molecule has 0 amide bonds. The molecule has 4 N–H and O–H groups in total. The van der Waals surface area contributed by atoms with Crippen molar-refractivity contribution in [3.05, 3.63) is 71.5 Å². The molecule has 4 aromatic rings. The second-order valence-electron chi connectivity index (χ2n) is 13.2. The first-order valence-electron chi connectivity index (χ1n) is 16.6. The summed E-state index contributed by atoms with van der Waals surface area (Å²) in [5.41, 5.74) is 7.00. The van der Waals surface area contributed by atoms with Crippen LogP contribution in [0.2, 0.25) is 0 Å². The molecule has 2 aromatic heterocycles. The Morgan fingerprint density at radius 3 is 2.33 bits per heavy atom. The second kappa shape index (κ2) is 13.8. The molecular formula is C35H37F6N7O4. The number of nitrogens with two attached hydrogens (primary N) is 1. The maximum absolute atomic E-state index is 14.9. The molecule has 52 heavy (non-hydrogen) atoms. The molecule has 6 rings (SSSR count). The van der Waals surface area contributed by atoms with Crippen LogP contribution in [0.15, 0.2) is 54.7 Å². The highest BCUT2D eigenvalue weighted by Gasteiger charge is 2.50. The van der Waals surface area contributed by atoms with Gasteiger partial charge in [0.15, 0.2) is 0 Å². The van der Waals surface area contributed by atoms with Crippen molar-refractivity contribution in [1.82, 2.24) is 25.1 Å². The Morgan fingerprint density at radius 2 is 1.73 bits per heavy atom. The fourth-order valence-corrected chi connectivity index (χ4v) is 7.31. The number of benzene rings is 2. The van der Waals surface area contributed by atoms with Crippen LogP contribution in [0.5, 0.6) is 11.6 Å². The Labute approximate surface area is 294 Å². The number of ether oxygens (including phenoxy) is 2. The molecule has 3 atom stereocenters. The number of alkyl halides is 6. The summed E-state index contributed by atoms with van der Waals surface area (Å²) < 4.78 is 94.3. The lowest BCUT2D eigenvalue weighted by atomic mass is 9.71. The number of nitrogens with zero attached hydrogens (tertiary/aromatic N) is 5. The molecule has 0 bridgehead atoms. The van der Waals surface area contributed by atoms with E-state index in [1.165, 1.54) is 54.2 Å². The van der Waals surface area contributed by atoms with Gasteiger partial charge in [0.2, 0.25) is 17.9 Å². The summed E-state index contributed by atoms with van der Waals surface area (Å²) in [6.45, 7) is 6.04. The molecule has 0 radical (unpaired) electrons. The number of carboxylic acids is 1. The number of rotatable bonds is 9. The third-order valence-electron chi connectivity index (χ3n) is 9.80. The maximum Gasteiger partial charge on any atom is 0.573 e. The number of hydrogen-bond donors (Lipinski definition) is 3. The van der Waals surface area contributed by atoms with E-state index in [0.717, 1.165) is 12.5 Å². The molecule has 2 unspecified atom stereocenters. The van der Waals surface area contributed by atoms with Gasteiger partial charge in [0, 0.05) is 37.0 Å². The van der Waals surface area contributed by atoms with Crippen molar-refractivity contribution < 1.29 is 45.7 Å². The van der Waals surface area contributed by atoms with Crippen LogP contribution in [-0.4, -0.2) is 68.5 Å². The zero-order valence-electron chi connectivity index (χ0n) is 28.4. The van der Waals surface area contributed by atoms with E-state index in [1.807, 2.05) is 11.8 Å². The van der Waals surface area contributed by atoms with Gasteiger partial charge in [-0.05, 0) is 85.9 Å². The van der Waals surface area contributed by atoms with E-state index in [4.69, 9.17) is 10.5 Å². The third kappa shape index (κ3) is 7.73. The average Bonchev–Trinajstić information content (AvgIpc) is 3.67. The van der Waals surface area contributed by atoms with E-state index in [0.29, 0.717) is 49.2 Å². The molecule has 2 saturated heterocycles. The topological polar surface area (TPSA) is 141 Å². The molecule has 17 heteroatoms. The third-order valence-corrected chi connectivity index (χ3v) is 9.80. The normalized spacial score (nSPS) is 19.5. The molecule has 2 aliphatic rings. The van der Waals surface area contributed by atoms with Gasteiger partial charge in [-0.2, -0.15) is 28.2 Å². The fraction of sp³-hybridized carbons (Fsp3) is 0.429. The standard InChI is InChI=1S/C35H37F6N7O4/c1-4-27-33(18-24(43-27)31(49)50)10-13-47(14-11-33)28-17-29(45-32(42)44-28)51-30(34(36,37)38)23-7-5-22(16-25(23)48-12-9-20(3)46-48)21-6-8-26(19(2)15-21)52-35(39,40)41/h5-9,12,15-17,24,27,30,43H,4,10-11,13-14,18H2,1-3H3,(H,49,50)(H2,42,44,45)/t24?,27?,30-/m1/s1. The number of nitrogens with one attached hydrogen (secondary N) is 1. The molecule has 2 fully saturated rings. The number of carboxylic acid groups (broad SMARTS) is 1. The first-order valence-corrected chi connectivity index (χ1v) is 16.6. The molecule has 278 valence electrons. The van der Waals surface area contributed by atoms with Gasteiger partial charge in [0.05, 0.1) is 11.4 Å². The van der Waals surface area contributed by atoms with Crippen LogP contribution in [0.3, 0.4) is 0 Å². The lowest BCUT2D eigenvalue weighted by molar-refractivity contribution is -0.274. The number of piperidine rings is 1. The van der Waals surface area contributed by atoms with Crippen LogP contribution >= 0.6 is 0 Å². The van der Waals surface area contributed by atoms with E-state index in [2.05, 4.69) is 25.1 Å². The molecule has 2 aromatic carbocycles. The predicted octanol–water partition coefficient (Wildman–Crippen LogP) is 6.92. The van der Waals surface area contributed by atoms with Gasteiger partial charge >= 0.3 is 18.5 Å². The van der Waals surface area contributed by atoms with E-state index < -0.39 is 42.3 Å². The Bertz CT molecular complexity index is 1940. The number of anilines is 2. The van der Waals surface area contributed by atoms with Crippen LogP contribution in [0.4, 0.5) is 38.1 Å². The Hall–Kier alpha value is -5.06. The molecular weight excluding hydrogens is 696 g/mol. The predicted molar refractivity (Wildman–Crippen MR) is 178 cm³/mol. The lowest BCUT2D eigenvalue weighted by Crippen LogP contribution is -2.46. The van der Waals surface area contributed by atoms with Crippen molar-refractivity contribution in [3.8, 4) is 28.4 Å². The summed E-state index contributed by atoms with van der Waals surface area (Å²) in [7, 11) is 0. The summed E-state index contributed by atoms with van der Waals surface area (Å²) >= 11 is 0. The highest BCUT2D eigenvalue weighted by Crippen LogP contribution is 2.46. The zero-order chi connectivity index (χ0) is 37.6. The molecule has 0 saturated carbocycles. The highest BCUT2D eigenvalue weighted by molar-refractivity contribution is 5.74. The minimum atomic E-state index is -4.95. The SMILES string of the molecule is CCC1NC(C(=O)O)CC12CCN(c1cc(O[C@H](c3ccc(-c4ccc(OC(F)(F)F)c(C)c4)cc3-n3ccc(C)n3)C(F)(F)F)nc(N)n1)CC2. The smallest absolute Gasteiger partial charge is 0.480 e. The first kappa shape index (κ1) is 36.7. The molecule has 1 spiro atoms. The van der Waals surface area contributed by atoms with Crippen molar-refractivity contribution in [3.63, 3.8) is 0 Å². The van der Waals surface area contributed by atoms with Gasteiger partial charge in [-0.3, -0.25) is 4.79 Å². The van der Waals surface area contributed by atoms with Crippen LogP contribution in [-0.2, 0) is 4.79 Å². The summed E-state index contributed by atoms with van der Waals surface area (Å²) in [5, 5.41) is 17.2. The summed E-state index contributed by atoms with van der Waals surface area (Å²) in [4.78, 5) is 21.8. The number of aliphatic carboxylic acids is 1. The fourth-order valence-electron chi connectivity index (χ4n) is 7.31. The number of halogens is 6. The quantitative estimate of drug-likeness (QED) is 0.155. The molecule has 0 aliphatic carbocycles. The summed E-state index contributed by atoms with van der Waals surface area (Å²) in [6, 6.07) is 10.3. The number of carbonyl (C=O) groups is 1. The maximum atomic E-state index is 14.9. The summed E-state index contributed by atoms with van der Waals surface area (Å²) in [6.07, 6.45) is -8.37. The second-order valence-corrected chi connectivity index (χ2v) is 13.2. The molecule has 4 heterocycles. The Morgan fingerprint density at radius 1 is 1.04 bits per heavy atom. The lowest BCUT2D eigenvalue weighted by Gasteiger charge is -2.43. The van der Waals surface area contributed by atoms with E-state index in [1.54, 1.807) is 13.0 Å². The Kier molecular flexibility index (Phi) is 9.76. The largest absolute Gasteiger partial charge is 0.573 e. The number of hydrogen-bond acceptors (Lipinski definition) is 9. The molecule has 11 nitrogen and oxygen atoms in total. The number of aryl methyl sites for hydroxylation is 2. The van der Waals surface area contributed by atoms with Crippen LogP contribution in [0, 0.1) is 19.3 Å². The van der Waals surface area contributed by atoms with Crippen LogP contribution in [0.25, 0.3) is 16.8 Å². The zero-order valence-corrected chi connectivity index (χ0v) is 28.4. The van der Waals surface area contributed by atoms with Crippen LogP contribution in [0.1, 0.15) is 55.5 Å². The highest BCUT2D eigenvalue weighted by atomic mass is 19.4. The first-order chi connectivity index (χ1) is 24.4. The van der Waals surface area contributed by atoms with E-state index in [-0.39, 0.29) is 40.0 Å². The number of aromatic nitrogens is 4. The summed E-state index contributed by atoms with van der Waals surface area (Å²) in [5.74, 6) is -1.72. The van der Waals surface area contributed by atoms with Gasteiger partial charge in [-0.1, -0.05) is 25.1 Å². The van der Waals surface area contributed by atoms with Crippen molar-refractivity contribution >= 4 is 17.7 Å². The minimum absolute atomic E-state index is 0.0140. The van der Waals surface area contributed by atoms with Gasteiger partial charge in [0.1, 0.15) is 17.6 Å². The van der Waals surface area contributed by atoms with Crippen molar-refractivity contribution in [2.45, 2.75) is 77.2 Å². The van der Waals surface area contributed by atoms with Crippen molar-refractivity contribution in [2.24, 2.45) is 5.41 Å². The Balaban J connectivity index is 1.30. The minimum Gasteiger partial charge on any atom is -0.480 e. The van der Waals surface area contributed by atoms with Crippen LogP contribution < -0.4 is 25.4 Å². The number of nitrogen functional groups attached to an aromatic ring is 1. The van der Waals surface area contributed by atoms with Gasteiger partial charge in [0.25, 0.3) is 0 Å². The molecule has 2 aliphatic heterocycles. The van der Waals surface area contributed by atoms with Gasteiger partial charge in [-0.15, -0.1) is 13.2 Å². The monoisotopic (exact) mass is 733 g/mol. The van der Waals surface area contributed by atoms with Crippen molar-refractivity contribution in [2.75, 3.05) is 23.7 Å². The van der Waals surface area contributed by atoms with E-state index in [9.17, 15) is 36.2 Å².